The Morgan fingerprint density at radius 3 is 1.58 bits per heavy atom. The summed E-state index contributed by atoms with van der Waals surface area (Å²) in [5, 5.41) is 18.9. The molecule has 55 heavy (non-hydrogen) atoms. The molecule has 12 bridgehead atoms. The Morgan fingerprint density at radius 2 is 1.05 bits per heavy atom. The summed E-state index contributed by atoms with van der Waals surface area (Å²) in [5.41, 5.74) is -1.56. The summed E-state index contributed by atoms with van der Waals surface area (Å²) in [4.78, 5) is 57.8. The van der Waals surface area contributed by atoms with Crippen LogP contribution in [0.5, 0.6) is 0 Å². The number of aliphatic carboxylic acids is 1. The average Bonchev–Trinajstić information content (AvgIpc) is 3.13. The van der Waals surface area contributed by atoms with E-state index in [1.165, 1.54) is 21.3 Å². The number of carboxylic acids is 1. The standard InChI is InChI=1S/2C11H16O3.C11H14O3.C10H14O3/c1-13-10(12)11-4-7-2-8(5-11)14-9(3-7)6-11;2*1-14-10(13)11-4-2-3-8(6-11)5-9(12)7-11;11-9(12)10-3-6-1-7(4-10)13-8(2-6)5-10/h7-9H,2-6H2,1H3;2-3,8-9,12H,4-7H2,1H3;2-3,8H,4-7H2,1H3;6-8H,1-5H2,(H,11,12). The van der Waals surface area contributed by atoms with Gasteiger partial charge in [-0.25, -0.2) is 0 Å². The minimum Gasteiger partial charge on any atom is -0.481 e. The van der Waals surface area contributed by atoms with Crippen molar-refractivity contribution >= 4 is 29.7 Å². The molecule has 0 aromatic heterocycles. The third-order valence-corrected chi connectivity index (χ3v) is 14.7. The maximum absolute atomic E-state index is 11.8. The number of Topliss-reactive ketones (excluding diaryl/α,β-unsaturated/α-hetero) is 1. The molecule has 12 aliphatic rings. The molecule has 12 nitrogen and oxygen atoms in total. The molecule has 0 aromatic carbocycles. The number of ether oxygens (including phenoxy) is 5. The smallest absolute Gasteiger partial charge is 0.312 e. The van der Waals surface area contributed by atoms with Crippen molar-refractivity contribution in [2.75, 3.05) is 21.3 Å². The summed E-state index contributed by atoms with van der Waals surface area (Å²) in [5.74, 6) is 1.16. The van der Waals surface area contributed by atoms with Gasteiger partial charge in [-0.05, 0) is 126 Å². The number of aliphatic hydroxyl groups excluding tert-OH is 1. The topological polar surface area (TPSA) is 172 Å². The van der Waals surface area contributed by atoms with Gasteiger partial charge in [-0.1, -0.05) is 24.3 Å². The van der Waals surface area contributed by atoms with Gasteiger partial charge in [-0.2, -0.15) is 0 Å². The monoisotopic (exact) mass is 768 g/mol. The quantitative estimate of drug-likeness (QED) is 0.204. The first-order valence-corrected chi connectivity index (χ1v) is 20.5. The number of aliphatic hydroxyl groups is 1. The molecular weight excluding hydrogens is 708 g/mol. The maximum Gasteiger partial charge on any atom is 0.312 e. The number of fused-ring (bicyclic) bond motifs is 4. The molecule has 4 heterocycles. The Morgan fingerprint density at radius 1 is 0.600 bits per heavy atom. The molecule has 0 aromatic rings. The van der Waals surface area contributed by atoms with Crippen LogP contribution in [0.3, 0.4) is 0 Å². The number of allylic oxidation sites excluding steroid dienone is 4. The Kier molecular flexibility index (Phi) is 11.4. The number of carbonyl (C=O) groups excluding carboxylic acids is 4. The minimum absolute atomic E-state index is 0.000185. The molecule has 9 unspecified atom stereocenters. The van der Waals surface area contributed by atoms with Crippen LogP contribution in [0.2, 0.25) is 0 Å². The van der Waals surface area contributed by atoms with Crippen LogP contribution < -0.4 is 0 Å². The summed E-state index contributed by atoms with van der Waals surface area (Å²) in [6.45, 7) is 0. The van der Waals surface area contributed by atoms with Crippen molar-refractivity contribution in [3.8, 4) is 0 Å². The summed E-state index contributed by atoms with van der Waals surface area (Å²) < 4.78 is 26.1. The maximum atomic E-state index is 11.8. The molecule has 2 N–H and O–H groups in total. The van der Waals surface area contributed by atoms with Crippen molar-refractivity contribution in [3.05, 3.63) is 24.3 Å². The SMILES string of the molecule is COC(=O)C12CC3CC(C1)OC(C3)C2.COC(=O)C12CC=CC(CC(=O)C1)C2.COC(=O)C12CC=CC(CC(O)C1)C2.O=C(O)C12CC3CC(C1)OC(C3)C2. The van der Waals surface area contributed by atoms with Crippen LogP contribution >= 0.6 is 0 Å². The van der Waals surface area contributed by atoms with E-state index in [9.17, 15) is 34.2 Å². The van der Waals surface area contributed by atoms with Crippen LogP contribution in [0, 0.1) is 45.3 Å². The first-order valence-electron chi connectivity index (χ1n) is 20.5. The molecule has 9 atom stereocenters. The van der Waals surface area contributed by atoms with Crippen molar-refractivity contribution in [1.29, 1.82) is 0 Å². The Labute approximate surface area is 324 Å². The van der Waals surface area contributed by atoms with Gasteiger partial charge >= 0.3 is 23.9 Å². The number of hydrogen-bond acceptors (Lipinski definition) is 11. The van der Waals surface area contributed by atoms with Crippen LogP contribution in [-0.4, -0.2) is 91.7 Å². The highest BCUT2D eigenvalue weighted by Gasteiger charge is 2.57. The molecular formula is C43H60O12. The van der Waals surface area contributed by atoms with Crippen LogP contribution in [0.1, 0.15) is 116 Å². The summed E-state index contributed by atoms with van der Waals surface area (Å²) in [6, 6.07) is 0. The van der Waals surface area contributed by atoms with Crippen LogP contribution in [0.15, 0.2) is 24.3 Å². The molecule has 0 amide bonds. The van der Waals surface area contributed by atoms with Gasteiger partial charge in [-0.3, -0.25) is 24.0 Å². The highest BCUT2D eigenvalue weighted by atomic mass is 16.5. The zero-order valence-electron chi connectivity index (χ0n) is 32.7. The summed E-state index contributed by atoms with van der Waals surface area (Å²) in [7, 11) is 4.32. The predicted molar refractivity (Wildman–Crippen MR) is 197 cm³/mol. The fourth-order valence-electron chi connectivity index (χ4n) is 12.8. The van der Waals surface area contributed by atoms with Crippen LogP contribution in [0.4, 0.5) is 0 Å². The molecule has 0 radical (unpaired) electrons. The fraction of sp³-hybridized carbons (Fsp3) is 0.791. The van der Waals surface area contributed by atoms with E-state index in [1.807, 2.05) is 6.08 Å². The van der Waals surface area contributed by atoms with Gasteiger partial charge in [0.1, 0.15) is 5.78 Å². The number of carbonyl (C=O) groups is 5. The third-order valence-electron chi connectivity index (χ3n) is 14.7. The molecule has 4 saturated heterocycles. The highest BCUT2D eigenvalue weighted by molar-refractivity contribution is 5.89. The number of rotatable bonds is 4. The van der Waals surface area contributed by atoms with E-state index >= 15 is 0 Å². The Bertz CT molecular complexity index is 1490. The molecule has 6 saturated carbocycles. The van der Waals surface area contributed by atoms with Crippen molar-refractivity contribution in [2.45, 2.75) is 146 Å². The number of carboxylic acid groups (broad SMARTS) is 1. The van der Waals surface area contributed by atoms with Crippen LogP contribution in [0.25, 0.3) is 0 Å². The van der Waals surface area contributed by atoms with E-state index < -0.39 is 22.2 Å². The lowest BCUT2D eigenvalue weighted by Gasteiger charge is -2.54. The van der Waals surface area contributed by atoms with Gasteiger partial charge in [0.25, 0.3) is 0 Å². The van der Waals surface area contributed by atoms with Crippen molar-refractivity contribution in [3.63, 3.8) is 0 Å². The van der Waals surface area contributed by atoms with Gasteiger partial charge in [0, 0.05) is 12.8 Å². The van der Waals surface area contributed by atoms with E-state index in [2.05, 4.69) is 18.2 Å². The lowest BCUT2D eigenvalue weighted by molar-refractivity contribution is -0.207. The molecule has 0 spiro atoms. The number of methoxy groups -OCH3 is 3. The molecule has 10 fully saturated rings. The average molecular weight is 769 g/mol. The first kappa shape index (κ1) is 40.1. The van der Waals surface area contributed by atoms with E-state index in [0.717, 1.165) is 83.5 Å². The van der Waals surface area contributed by atoms with Crippen molar-refractivity contribution in [2.24, 2.45) is 45.3 Å². The lowest BCUT2D eigenvalue weighted by atomic mass is 9.58. The van der Waals surface area contributed by atoms with Crippen LogP contribution in [-0.2, 0) is 47.7 Å². The second kappa shape index (κ2) is 15.7. The molecule has 12 heteroatoms. The number of hydrogen-bond donors (Lipinski definition) is 2. The zero-order valence-corrected chi connectivity index (χ0v) is 32.7. The number of ketones is 1. The Hall–Kier alpha value is -3.09. The van der Waals surface area contributed by atoms with E-state index in [0.29, 0.717) is 62.1 Å². The third kappa shape index (κ3) is 8.06. The second-order valence-electron chi connectivity index (χ2n) is 18.8. The van der Waals surface area contributed by atoms with Crippen molar-refractivity contribution < 1.29 is 57.9 Å². The molecule has 12 rings (SSSR count). The largest absolute Gasteiger partial charge is 0.481 e. The molecule has 8 aliphatic carbocycles. The van der Waals surface area contributed by atoms with E-state index in [4.69, 9.17) is 23.7 Å². The normalized spacial score (nSPS) is 44.4. The van der Waals surface area contributed by atoms with Gasteiger partial charge in [-0.15, -0.1) is 0 Å². The fourth-order valence-corrected chi connectivity index (χ4v) is 12.8. The molecule has 304 valence electrons. The minimum atomic E-state index is -0.588. The second-order valence-corrected chi connectivity index (χ2v) is 18.8. The van der Waals surface area contributed by atoms with Crippen molar-refractivity contribution in [1.82, 2.24) is 0 Å². The van der Waals surface area contributed by atoms with Gasteiger partial charge in [0.15, 0.2) is 0 Å². The first-order chi connectivity index (χ1) is 26.2. The van der Waals surface area contributed by atoms with E-state index in [1.54, 1.807) is 0 Å². The summed E-state index contributed by atoms with van der Waals surface area (Å²) in [6.07, 6.45) is 24.1. The van der Waals surface area contributed by atoms with Gasteiger partial charge < -0.3 is 33.9 Å². The summed E-state index contributed by atoms with van der Waals surface area (Å²) >= 11 is 0. The number of esters is 3. The van der Waals surface area contributed by atoms with Gasteiger partial charge in [0.2, 0.25) is 0 Å². The molecule has 4 aliphatic heterocycles. The lowest BCUT2D eigenvalue weighted by Crippen LogP contribution is -2.55. The predicted octanol–water partition coefficient (Wildman–Crippen LogP) is 5.67. The Balaban J connectivity index is 0.000000113. The highest BCUT2D eigenvalue weighted by Crippen LogP contribution is 2.56. The van der Waals surface area contributed by atoms with E-state index in [-0.39, 0.29) is 53.3 Å². The zero-order chi connectivity index (χ0) is 39.2. The van der Waals surface area contributed by atoms with Gasteiger partial charge in [0.05, 0.1) is 73.5 Å².